The van der Waals surface area contributed by atoms with Gasteiger partial charge in [-0.3, -0.25) is 8.98 Å². The number of ether oxygens (including phenoxy) is 2. The summed E-state index contributed by atoms with van der Waals surface area (Å²) < 4.78 is 52.6. The highest BCUT2D eigenvalue weighted by Crippen LogP contribution is 2.27. The minimum absolute atomic E-state index is 0.126. The molecule has 1 fully saturated rings. The van der Waals surface area contributed by atoms with E-state index >= 15 is 0 Å². The van der Waals surface area contributed by atoms with E-state index in [9.17, 15) is 32.8 Å². The van der Waals surface area contributed by atoms with E-state index in [-0.39, 0.29) is 11.3 Å². The van der Waals surface area contributed by atoms with Crippen molar-refractivity contribution >= 4 is 27.3 Å². The van der Waals surface area contributed by atoms with Gasteiger partial charge in [0.2, 0.25) is 22.6 Å². The van der Waals surface area contributed by atoms with Gasteiger partial charge >= 0.3 is 5.63 Å². The Morgan fingerprint density at radius 1 is 1.26 bits per heavy atom. The molecule has 0 saturated carbocycles. The van der Waals surface area contributed by atoms with Crippen molar-refractivity contribution in [1.29, 1.82) is 0 Å². The molecule has 170 valence electrons. The number of amides is 1. The highest BCUT2D eigenvalue weighted by Gasteiger charge is 2.46. The zero-order chi connectivity index (χ0) is 22.9. The Balaban J connectivity index is 1.89. The molecule has 0 radical (unpaired) electrons. The van der Waals surface area contributed by atoms with Crippen LogP contribution in [-0.4, -0.2) is 66.3 Å². The molecule has 0 unspecified atom stereocenters. The first-order valence-corrected chi connectivity index (χ1v) is 10.4. The second-order valence-electron chi connectivity index (χ2n) is 6.97. The van der Waals surface area contributed by atoms with Crippen LogP contribution in [0.4, 0.5) is 0 Å². The van der Waals surface area contributed by atoms with Gasteiger partial charge in [-0.05, 0) is 24.6 Å². The largest absolute Gasteiger partial charge is 0.726 e. The smallest absolute Gasteiger partial charge is 0.336 e. The molecule has 13 heteroatoms. The summed E-state index contributed by atoms with van der Waals surface area (Å²) in [5, 5.41) is 23.6. The van der Waals surface area contributed by atoms with E-state index in [0.29, 0.717) is 10.9 Å². The van der Waals surface area contributed by atoms with Gasteiger partial charge in [0.15, 0.2) is 0 Å². The van der Waals surface area contributed by atoms with Gasteiger partial charge in [-0.25, -0.2) is 13.2 Å². The Morgan fingerprint density at radius 2 is 1.97 bits per heavy atom. The van der Waals surface area contributed by atoms with Crippen LogP contribution in [-0.2, 0) is 24.1 Å². The fourth-order valence-electron chi connectivity index (χ4n) is 3.22. The van der Waals surface area contributed by atoms with Crippen molar-refractivity contribution in [2.24, 2.45) is 0 Å². The van der Waals surface area contributed by atoms with E-state index in [1.807, 2.05) is 0 Å². The topological polar surface area (TPSA) is 185 Å². The lowest BCUT2D eigenvalue weighted by atomic mass is 9.97. The highest BCUT2D eigenvalue weighted by molar-refractivity contribution is 7.80. The second kappa shape index (κ2) is 8.90. The van der Waals surface area contributed by atoms with Crippen LogP contribution in [0.25, 0.3) is 11.0 Å². The molecule has 0 bridgehead atoms. The number of nitrogens with one attached hydrogen (secondary N) is 1. The van der Waals surface area contributed by atoms with Crippen LogP contribution in [0.2, 0.25) is 0 Å². The molecule has 2 heterocycles. The molecule has 31 heavy (non-hydrogen) atoms. The standard InChI is InChI=1S/C18H21NO11S/c1-8-5-14(21)29-12-6-10(3-4-11(8)12)28-18-15(19-9(2)20)17(23)16(22)13(30-18)7-27-31(24,25)26/h3-6,13,15-18,22-23H,7H2,1-2H3,(H,19,20)(H,24,25,26)/p-1/t13-,15-,16-,17-,18-/m1/s1. The maximum absolute atomic E-state index is 11.6. The van der Waals surface area contributed by atoms with E-state index in [0.717, 1.165) is 0 Å². The first kappa shape index (κ1) is 23.1. The molecule has 5 atom stereocenters. The van der Waals surface area contributed by atoms with Gasteiger partial charge in [0, 0.05) is 24.4 Å². The lowest BCUT2D eigenvalue weighted by Gasteiger charge is -2.42. The first-order chi connectivity index (χ1) is 14.4. The first-order valence-electron chi connectivity index (χ1n) is 9.05. The molecular formula is C18H20NO11S-. The van der Waals surface area contributed by atoms with Crippen LogP contribution in [0.3, 0.4) is 0 Å². The molecule has 1 amide bonds. The summed E-state index contributed by atoms with van der Waals surface area (Å²) in [5.74, 6) is -0.438. The minimum Gasteiger partial charge on any atom is -0.726 e. The maximum atomic E-state index is 11.6. The Hall–Kier alpha value is -2.55. The lowest BCUT2D eigenvalue weighted by Crippen LogP contribution is -2.65. The van der Waals surface area contributed by atoms with Crippen LogP contribution < -0.4 is 15.7 Å². The predicted octanol–water partition coefficient (Wildman–Crippen LogP) is -1.09. The normalized spacial score (nSPS) is 26.5. The third kappa shape index (κ3) is 5.58. The average molecular weight is 458 g/mol. The number of aliphatic hydroxyl groups is 2. The Labute approximate surface area is 176 Å². The summed E-state index contributed by atoms with van der Waals surface area (Å²) in [4.78, 5) is 23.2. The van der Waals surface area contributed by atoms with Crippen molar-refractivity contribution in [3.8, 4) is 5.75 Å². The summed E-state index contributed by atoms with van der Waals surface area (Å²) in [7, 11) is -5.08. The molecule has 1 aliphatic rings. The summed E-state index contributed by atoms with van der Waals surface area (Å²) in [6, 6.07) is 4.60. The van der Waals surface area contributed by atoms with Gasteiger partial charge in [0.05, 0.1) is 6.61 Å². The predicted molar refractivity (Wildman–Crippen MR) is 102 cm³/mol. The van der Waals surface area contributed by atoms with Crippen LogP contribution >= 0.6 is 0 Å². The van der Waals surface area contributed by atoms with Crippen LogP contribution in [0, 0.1) is 6.92 Å². The van der Waals surface area contributed by atoms with Gasteiger partial charge in [-0.1, -0.05) is 0 Å². The average Bonchev–Trinajstić information content (AvgIpc) is 2.65. The monoisotopic (exact) mass is 458 g/mol. The Bertz CT molecular complexity index is 1130. The van der Waals surface area contributed by atoms with Gasteiger partial charge in [-0.2, -0.15) is 0 Å². The summed E-state index contributed by atoms with van der Waals surface area (Å²) in [6.07, 6.45) is -6.23. The number of carbonyl (C=O) groups is 1. The summed E-state index contributed by atoms with van der Waals surface area (Å²) in [6.45, 7) is 2.01. The zero-order valence-corrected chi connectivity index (χ0v) is 17.2. The van der Waals surface area contributed by atoms with E-state index < -0.39 is 59.2 Å². The third-order valence-electron chi connectivity index (χ3n) is 4.62. The molecule has 0 aliphatic carbocycles. The molecule has 1 aromatic heterocycles. The van der Waals surface area contributed by atoms with E-state index in [1.54, 1.807) is 13.0 Å². The lowest BCUT2D eigenvalue weighted by molar-refractivity contribution is -0.242. The number of fused-ring (bicyclic) bond motifs is 1. The molecule has 0 spiro atoms. The highest BCUT2D eigenvalue weighted by atomic mass is 32.3. The van der Waals surface area contributed by atoms with Crippen molar-refractivity contribution in [1.82, 2.24) is 5.32 Å². The van der Waals surface area contributed by atoms with Crippen molar-refractivity contribution in [2.45, 2.75) is 44.5 Å². The number of aryl methyl sites for hydroxylation is 1. The number of benzene rings is 1. The minimum atomic E-state index is -5.08. The number of rotatable bonds is 6. The van der Waals surface area contributed by atoms with Gasteiger partial charge < -0.3 is 34.0 Å². The molecule has 3 rings (SSSR count). The van der Waals surface area contributed by atoms with E-state index in [2.05, 4.69) is 9.50 Å². The zero-order valence-electron chi connectivity index (χ0n) is 16.4. The second-order valence-corrected chi connectivity index (χ2v) is 8.02. The van der Waals surface area contributed by atoms with Crippen molar-refractivity contribution in [2.75, 3.05) is 6.61 Å². The molecule has 1 aromatic carbocycles. The van der Waals surface area contributed by atoms with Crippen LogP contribution in [0.1, 0.15) is 12.5 Å². The summed E-state index contributed by atoms with van der Waals surface area (Å²) >= 11 is 0. The van der Waals surface area contributed by atoms with Crippen LogP contribution in [0.15, 0.2) is 33.5 Å². The quantitative estimate of drug-likeness (QED) is 0.271. The number of hydrogen-bond donors (Lipinski definition) is 3. The molecule has 12 nitrogen and oxygen atoms in total. The fourth-order valence-corrected chi connectivity index (χ4v) is 3.52. The van der Waals surface area contributed by atoms with Gasteiger partial charge in [0.25, 0.3) is 0 Å². The van der Waals surface area contributed by atoms with Gasteiger partial charge in [-0.15, -0.1) is 0 Å². The van der Waals surface area contributed by atoms with E-state index in [4.69, 9.17) is 13.9 Å². The molecular weight excluding hydrogens is 438 g/mol. The van der Waals surface area contributed by atoms with Crippen molar-refractivity contribution in [3.05, 3.63) is 40.2 Å². The fraction of sp³-hybridized carbons (Fsp3) is 0.444. The Kier molecular flexibility index (Phi) is 6.64. The molecule has 1 aliphatic heterocycles. The molecule has 1 saturated heterocycles. The number of aliphatic hydroxyl groups excluding tert-OH is 2. The molecule has 3 N–H and O–H groups in total. The number of hydrogen-bond acceptors (Lipinski definition) is 11. The number of carbonyl (C=O) groups excluding carboxylic acids is 1. The van der Waals surface area contributed by atoms with Crippen molar-refractivity contribution < 1.29 is 46.1 Å². The van der Waals surface area contributed by atoms with E-state index in [1.165, 1.54) is 25.1 Å². The SMILES string of the molecule is CC(=O)N[C@H]1[C@H](Oc2ccc3c(C)cc(=O)oc3c2)O[C@H](COS(=O)(=O)[O-])[C@@H](O)[C@@H]1O. The third-order valence-corrected chi connectivity index (χ3v) is 5.05. The maximum Gasteiger partial charge on any atom is 0.336 e. The Morgan fingerprint density at radius 3 is 2.61 bits per heavy atom. The van der Waals surface area contributed by atoms with Crippen molar-refractivity contribution in [3.63, 3.8) is 0 Å². The van der Waals surface area contributed by atoms with Gasteiger partial charge in [0.1, 0.15) is 35.7 Å². The molecule has 2 aromatic rings. The summed E-state index contributed by atoms with van der Waals surface area (Å²) in [5.41, 5.74) is 0.325. The van der Waals surface area contributed by atoms with Crippen LogP contribution in [0.5, 0.6) is 5.75 Å².